The normalized spacial score (nSPS) is 19.9. The van der Waals surface area contributed by atoms with Gasteiger partial charge in [0.15, 0.2) is 0 Å². The molecule has 1 spiro atoms. The van der Waals surface area contributed by atoms with Gasteiger partial charge in [-0.05, 0) is 12.8 Å². The molecular formula is C16H26N4O4. The first-order chi connectivity index (χ1) is 11.3. The van der Waals surface area contributed by atoms with E-state index in [4.69, 9.17) is 0 Å². The van der Waals surface area contributed by atoms with Crippen LogP contribution < -0.4 is 5.32 Å². The van der Waals surface area contributed by atoms with Crippen LogP contribution in [0.2, 0.25) is 0 Å². The molecule has 1 saturated heterocycles. The average molecular weight is 338 g/mol. The van der Waals surface area contributed by atoms with Crippen LogP contribution in [0.5, 0.6) is 0 Å². The van der Waals surface area contributed by atoms with Gasteiger partial charge in [0.25, 0.3) is 5.91 Å². The molecule has 0 atom stereocenters. The smallest absolute Gasteiger partial charge is 0.325 e. The summed E-state index contributed by atoms with van der Waals surface area (Å²) < 4.78 is 0. The summed E-state index contributed by atoms with van der Waals surface area (Å²) in [5, 5.41) is 2.80. The molecule has 2 fully saturated rings. The maximum absolute atomic E-state index is 12.7. The highest BCUT2D eigenvalue weighted by atomic mass is 16.2. The molecule has 0 radical (unpaired) electrons. The molecular weight excluding hydrogens is 312 g/mol. The third-order valence-corrected chi connectivity index (χ3v) is 4.79. The fourth-order valence-corrected chi connectivity index (χ4v) is 3.18. The molecule has 5 amide bonds. The molecule has 134 valence electrons. The minimum absolute atomic E-state index is 0.0827. The van der Waals surface area contributed by atoms with Gasteiger partial charge in [0.1, 0.15) is 12.1 Å². The minimum Gasteiger partial charge on any atom is -0.347 e. The van der Waals surface area contributed by atoms with Crippen LogP contribution in [0.1, 0.15) is 38.5 Å². The number of carbonyl (C=O) groups excluding carboxylic acids is 4. The second-order valence-corrected chi connectivity index (χ2v) is 6.86. The van der Waals surface area contributed by atoms with Crippen molar-refractivity contribution in [3.8, 4) is 0 Å². The first-order valence-corrected chi connectivity index (χ1v) is 8.35. The number of urea groups is 1. The largest absolute Gasteiger partial charge is 0.347 e. The van der Waals surface area contributed by atoms with Crippen LogP contribution in [0.3, 0.4) is 0 Å². The van der Waals surface area contributed by atoms with Gasteiger partial charge in [0.2, 0.25) is 11.8 Å². The quantitative estimate of drug-likeness (QED) is 0.740. The highest BCUT2D eigenvalue weighted by Crippen LogP contribution is 2.32. The molecule has 0 aromatic heterocycles. The number of amides is 5. The molecule has 1 N–H and O–H groups in total. The van der Waals surface area contributed by atoms with Gasteiger partial charge in [-0.1, -0.05) is 25.7 Å². The summed E-state index contributed by atoms with van der Waals surface area (Å²) in [6.07, 6.45) is 5.14. The van der Waals surface area contributed by atoms with Crippen molar-refractivity contribution in [1.29, 1.82) is 0 Å². The van der Waals surface area contributed by atoms with E-state index < -0.39 is 17.5 Å². The summed E-state index contributed by atoms with van der Waals surface area (Å²) in [5.74, 6) is -0.960. The van der Waals surface area contributed by atoms with Crippen LogP contribution in [0.25, 0.3) is 0 Å². The molecule has 2 aliphatic rings. The zero-order chi connectivity index (χ0) is 17.9. The lowest BCUT2D eigenvalue weighted by atomic mass is 9.90. The van der Waals surface area contributed by atoms with Gasteiger partial charge < -0.3 is 15.1 Å². The van der Waals surface area contributed by atoms with Crippen LogP contribution >= 0.6 is 0 Å². The van der Waals surface area contributed by atoms with Crippen LogP contribution in [-0.2, 0) is 14.4 Å². The summed E-state index contributed by atoms with van der Waals surface area (Å²) in [6.45, 7) is -0.412. The third-order valence-electron chi connectivity index (χ3n) is 4.79. The zero-order valence-electron chi connectivity index (χ0n) is 14.6. The number of imide groups is 1. The Bertz CT molecular complexity index is 538. The highest BCUT2D eigenvalue weighted by Gasteiger charge is 2.51. The standard InChI is InChI=1S/C16H26N4O4/c1-18(2)12(21)10-19(3)13(22)11-20-14(23)16(17-15(20)24)8-6-4-5-7-9-16/h4-11H2,1-3H3,(H,17,24). The Morgan fingerprint density at radius 2 is 1.62 bits per heavy atom. The molecule has 1 saturated carbocycles. The van der Waals surface area contributed by atoms with Crippen molar-refractivity contribution in [3.05, 3.63) is 0 Å². The lowest BCUT2D eigenvalue weighted by molar-refractivity contribution is -0.141. The van der Waals surface area contributed by atoms with Crippen molar-refractivity contribution in [1.82, 2.24) is 20.0 Å². The summed E-state index contributed by atoms with van der Waals surface area (Å²) in [6, 6.07) is -0.511. The Morgan fingerprint density at radius 3 is 2.17 bits per heavy atom. The predicted octanol–water partition coefficient (Wildman–Crippen LogP) is 0.178. The van der Waals surface area contributed by atoms with Gasteiger partial charge in [0, 0.05) is 21.1 Å². The van der Waals surface area contributed by atoms with E-state index in [2.05, 4.69) is 5.32 Å². The molecule has 24 heavy (non-hydrogen) atoms. The van der Waals surface area contributed by atoms with Gasteiger partial charge in [0.05, 0.1) is 6.54 Å². The van der Waals surface area contributed by atoms with Gasteiger partial charge in [-0.2, -0.15) is 0 Å². The topological polar surface area (TPSA) is 90.0 Å². The Morgan fingerprint density at radius 1 is 1.04 bits per heavy atom. The fraction of sp³-hybridized carbons (Fsp3) is 0.750. The Hall–Kier alpha value is -2.12. The third kappa shape index (κ3) is 3.68. The number of nitrogens with zero attached hydrogens (tertiary/aromatic N) is 3. The fourth-order valence-electron chi connectivity index (χ4n) is 3.18. The number of hydrogen-bond donors (Lipinski definition) is 1. The van der Waals surface area contributed by atoms with E-state index in [9.17, 15) is 19.2 Å². The molecule has 1 heterocycles. The lowest BCUT2D eigenvalue weighted by Crippen LogP contribution is -2.48. The van der Waals surface area contributed by atoms with Crippen molar-refractivity contribution in [2.75, 3.05) is 34.2 Å². The minimum atomic E-state index is -0.841. The predicted molar refractivity (Wildman–Crippen MR) is 87.0 cm³/mol. The summed E-state index contributed by atoms with van der Waals surface area (Å²) in [4.78, 5) is 52.5. The van der Waals surface area contributed by atoms with E-state index in [1.165, 1.54) is 16.8 Å². The molecule has 8 heteroatoms. The maximum atomic E-state index is 12.7. The van der Waals surface area contributed by atoms with Crippen LogP contribution in [0, 0.1) is 0 Å². The second kappa shape index (κ2) is 7.19. The van der Waals surface area contributed by atoms with E-state index in [0.717, 1.165) is 30.6 Å². The number of hydrogen-bond acceptors (Lipinski definition) is 4. The molecule has 8 nitrogen and oxygen atoms in total. The van der Waals surface area contributed by atoms with E-state index >= 15 is 0 Å². The Balaban J connectivity index is 2.01. The van der Waals surface area contributed by atoms with Gasteiger partial charge in [-0.25, -0.2) is 4.79 Å². The average Bonchev–Trinajstić information content (AvgIpc) is 2.71. The Labute approximate surface area is 142 Å². The maximum Gasteiger partial charge on any atom is 0.325 e. The van der Waals surface area contributed by atoms with Crippen molar-refractivity contribution >= 4 is 23.8 Å². The number of rotatable bonds is 4. The number of nitrogens with one attached hydrogen (secondary N) is 1. The van der Waals surface area contributed by atoms with Crippen molar-refractivity contribution in [2.45, 2.75) is 44.1 Å². The van der Waals surface area contributed by atoms with Gasteiger partial charge in [-0.15, -0.1) is 0 Å². The highest BCUT2D eigenvalue weighted by molar-refractivity contribution is 6.09. The second-order valence-electron chi connectivity index (χ2n) is 6.86. The van der Waals surface area contributed by atoms with Gasteiger partial charge in [-0.3, -0.25) is 19.3 Å². The molecule has 2 rings (SSSR count). The SMILES string of the molecule is CN(C)C(=O)CN(C)C(=O)CN1C(=O)NC2(CCCCCC2)C1=O. The molecule has 0 aromatic carbocycles. The summed E-state index contributed by atoms with van der Waals surface area (Å²) >= 11 is 0. The Kier molecular flexibility index (Phi) is 5.46. The van der Waals surface area contributed by atoms with Crippen LogP contribution in [0.15, 0.2) is 0 Å². The van der Waals surface area contributed by atoms with Crippen LogP contribution in [0.4, 0.5) is 4.79 Å². The van der Waals surface area contributed by atoms with E-state index in [1.54, 1.807) is 14.1 Å². The molecule has 0 bridgehead atoms. The van der Waals surface area contributed by atoms with Crippen molar-refractivity contribution in [2.24, 2.45) is 0 Å². The first-order valence-electron chi connectivity index (χ1n) is 8.35. The lowest BCUT2D eigenvalue weighted by Gasteiger charge is -2.25. The van der Waals surface area contributed by atoms with Crippen LogP contribution in [-0.4, -0.2) is 78.2 Å². The number of likely N-dealkylation sites (N-methyl/N-ethyl adjacent to an activating group) is 2. The molecule has 1 aliphatic heterocycles. The van der Waals surface area contributed by atoms with Crippen molar-refractivity contribution < 1.29 is 19.2 Å². The summed E-state index contributed by atoms with van der Waals surface area (Å²) in [5.41, 5.74) is -0.841. The van der Waals surface area contributed by atoms with E-state index in [0.29, 0.717) is 12.8 Å². The molecule has 0 unspecified atom stereocenters. The molecule has 1 aliphatic carbocycles. The number of carbonyl (C=O) groups is 4. The van der Waals surface area contributed by atoms with Crippen molar-refractivity contribution in [3.63, 3.8) is 0 Å². The van der Waals surface area contributed by atoms with Gasteiger partial charge >= 0.3 is 6.03 Å². The van der Waals surface area contributed by atoms with E-state index in [1.807, 2.05) is 0 Å². The zero-order valence-corrected chi connectivity index (χ0v) is 14.6. The summed E-state index contributed by atoms with van der Waals surface area (Å²) in [7, 11) is 4.70. The monoisotopic (exact) mass is 338 g/mol. The molecule has 0 aromatic rings. The first kappa shape index (κ1) is 18.2. The van der Waals surface area contributed by atoms with E-state index in [-0.39, 0.29) is 24.9 Å².